The standard InChI is InChI=1S/C22H16Br2N2/c23-19-10-6-17(7-11-19)21-14-22(18-8-12-20(24)13-9-18)26(25-21)15-16-4-2-1-3-5-16/h1-14H,15H2. The highest BCUT2D eigenvalue weighted by molar-refractivity contribution is 9.10. The van der Waals surface area contributed by atoms with E-state index in [4.69, 9.17) is 5.10 Å². The Labute approximate surface area is 169 Å². The first-order chi connectivity index (χ1) is 12.7. The second-order valence-corrected chi connectivity index (χ2v) is 7.90. The average Bonchev–Trinajstić information content (AvgIpc) is 3.07. The Hall–Kier alpha value is -2.17. The molecule has 0 unspecified atom stereocenters. The van der Waals surface area contributed by atoms with E-state index in [-0.39, 0.29) is 0 Å². The average molecular weight is 468 g/mol. The molecule has 0 aliphatic heterocycles. The Morgan fingerprint density at radius 2 is 1.27 bits per heavy atom. The van der Waals surface area contributed by atoms with Gasteiger partial charge in [0, 0.05) is 14.5 Å². The molecule has 4 aromatic rings. The number of benzene rings is 3. The number of aromatic nitrogens is 2. The molecule has 4 heteroatoms. The van der Waals surface area contributed by atoms with Crippen LogP contribution in [0.2, 0.25) is 0 Å². The van der Waals surface area contributed by atoms with Gasteiger partial charge in [-0.1, -0.05) is 86.5 Å². The van der Waals surface area contributed by atoms with Crippen molar-refractivity contribution in [3.8, 4) is 22.5 Å². The Morgan fingerprint density at radius 3 is 1.88 bits per heavy atom. The summed E-state index contributed by atoms with van der Waals surface area (Å²) < 4.78 is 4.22. The predicted octanol–water partition coefficient (Wildman–Crippen LogP) is 6.79. The van der Waals surface area contributed by atoms with E-state index < -0.39 is 0 Å². The number of hydrogen-bond donors (Lipinski definition) is 0. The van der Waals surface area contributed by atoms with E-state index in [1.165, 1.54) is 5.56 Å². The second kappa shape index (κ2) is 7.60. The summed E-state index contributed by atoms with van der Waals surface area (Å²) in [7, 11) is 0. The first-order valence-corrected chi connectivity index (χ1v) is 9.91. The zero-order valence-electron chi connectivity index (χ0n) is 13.9. The number of halogens is 2. The van der Waals surface area contributed by atoms with E-state index in [2.05, 4.69) is 103 Å². The van der Waals surface area contributed by atoms with Crippen molar-refractivity contribution in [1.29, 1.82) is 0 Å². The Bertz CT molecular complexity index is 1000. The molecular formula is C22H16Br2N2. The summed E-state index contributed by atoms with van der Waals surface area (Å²) in [5, 5.41) is 4.89. The molecule has 128 valence electrons. The minimum absolute atomic E-state index is 0.739. The molecule has 2 nitrogen and oxygen atoms in total. The highest BCUT2D eigenvalue weighted by Gasteiger charge is 2.12. The number of nitrogens with zero attached hydrogens (tertiary/aromatic N) is 2. The lowest BCUT2D eigenvalue weighted by atomic mass is 10.1. The zero-order valence-corrected chi connectivity index (χ0v) is 17.1. The van der Waals surface area contributed by atoms with E-state index >= 15 is 0 Å². The summed E-state index contributed by atoms with van der Waals surface area (Å²) in [5.74, 6) is 0. The van der Waals surface area contributed by atoms with Crippen LogP contribution in [0.15, 0.2) is 93.9 Å². The summed E-state index contributed by atoms with van der Waals surface area (Å²) in [6.45, 7) is 0.739. The molecule has 4 rings (SSSR count). The molecule has 26 heavy (non-hydrogen) atoms. The van der Waals surface area contributed by atoms with Crippen molar-refractivity contribution < 1.29 is 0 Å². The summed E-state index contributed by atoms with van der Waals surface area (Å²) >= 11 is 7.01. The summed E-state index contributed by atoms with van der Waals surface area (Å²) in [6, 6.07) is 29.2. The third kappa shape index (κ3) is 3.81. The molecular weight excluding hydrogens is 452 g/mol. The van der Waals surface area contributed by atoms with Crippen LogP contribution in [-0.2, 0) is 6.54 Å². The van der Waals surface area contributed by atoms with Gasteiger partial charge in [0.2, 0.25) is 0 Å². The largest absolute Gasteiger partial charge is 0.260 e. The van der Waals surface area contributed by atoms with Gasteiger partial charge in [0.05, 0.1) is 17.9 Å². The maximum absolute atomic E-state index is 4.89. The van der Waals surface area contributed by atoms with Gasteiger partial charge in [0.1, 0.15) is 0 Å². The van der Waals surface area contributed by atoms with Crippen LogP contribution in [-0.4, -0.2) is 9.78 Å². The van der Waals surface area contributed by atoms with Crippen LogP contribution in [0, 0.1) is 0 Å². The SMILES string of the molecule is Brc1ccc(-c2cc(-c3ccc(Br)cc3)n(Cc3ccccc3)n2)cc1. The van der Waals surface area contributed by atoms with Gasteiger partial charge in [0.15, 0.2) is 0 Å². The first kappa shape index (κ1) is 17.3. The van der Waals surface area contributed by atoms with Crippen molar-refractivity contribution in [2.75, 3.05) is 0 Å². The van der Waals surface area contributed by atoms with Crippen LogP contribution in [0.4, 0.5) is 0 Å². The normalized spacial score (nSPS) is 10.8. The van der Waals surface area contributed by atoms with Gasteiger partial charge in [-0.05, 0) is 41.5 Å². The van der Waals surface area contributed by atoms with Crippen LogP contribution in [0.5, 0.6) is 0 Å². The van der Waals surface area contributed by atoms with E-state index in [0.717, 1.165) is 38.0 Å². The first-order valence-electron chi connectivity index (χ1n) is 8.33. The third-order valence-electron chi connectivity index (χ3n) is 4.24. The van der Waals surface area contributed by atoms with E-state index in [0.29, 0.717) is 0 Å². The fraction of sp³-hybridized carbons (Fsp3) is 0.0455. The van der Waals surface area contributed by atoms with Crippen LogP contribution in [0.25, 0.3) is 22.5 Å². The van der Waals surface area contributed by atoms with Crippen LogP contribution >= 0.6 is 31.9 Å². The van der Waals surface area contributed by atoms with Crippen molar-refractivity contribution in [3.05, 3.63) is 99.4 Å². The quantitative estimate of drug-likeness (QED) is 0.323. The van der Waals surface area contributed by atoms with Crippen molar-refractivity contribution >= 4 is 31.9 Å². The number of rotatable bonds is 4. The monoisotopic (exact) mass is 466 g/mol. The molecule has 0 spiro atoms. The van der Waals surface area contributed by atoms with E-state index in [1.54, 1.807) is 0 Å². The molecule has 0 N–H and O–H groups in total. The van der Waals surface area contributed by atoms with Crippen molar-refractivity contribution in [3.63, 3.8) is 0 Å². The molecule has 0 aliphatic rings. The van der Waals surface area contributed by atoms with Gasteiger partial charge in [-0.25, -0.2) is 0 Å². The molecule has 3 aromatic carbocycles. The second-order valence-electron chi connectivity index (χ2n) is 6.07. The molecule has 1 aromatic heterocycles. The molecule has 0 atom stereocenters. The third-order valence-corrected chi connectivity index (χ3v) is 5.29. The molecule has 1 heterocycles. The molecule has 0 fully saturated rings. The van der Waals surface area contributed by atoms with Gasteiger partial charge in [-0.15, -0.1) is 0 Å². The van der Waals surface area contributed by atoms with E-state index in [1.807, 2.05) is 18.2 Å². The van der Waals surface area contributed by atoms with Gasteiger partial charge in [0.25, 0.3) is 0 Å². The lowest BCUT2D eigenvalue weighted by Gasteiger charge is -2.08. The van der Waals surface area contributed by atoms with Crippen LogP contribution < -0.4 is 0 Å². The van der Waals surface area contributed by atoms with Gasteiger partial charge in [-0.3, -0.25) is 4.68 Å². The van der Waals surface area contributed by atoms with Gasteiger partial charge in [-0.2, -0.15) is 5.10 Å². The predicted molar refractivity (Wildman–Crippen MR) is 114 cm³/mol. The molecule has 0 saturated heterocycles. The van der Waals surface area contributed by atoms with Gasteiger partial charge < -0.3 is 0 Å². The Balaban J connectivity index is 1.79. The topological polar surface area (TPSA) is 17.8 Å². The highest BCUT2D eigenvalue weighted by Crippen LogP contribution is 2.28. The molecule has 0 radical (unpaired) electrons. The smallest absolute Gasteiger partial charge is 0.0929 e. The molecule has 0 aliphatic carbocycles. The fourth-order valence-electron chi connectivity index (χ4n) is 2.91. The highest BCUT2D eigenvalue weighted by atomic mass is 79.9. The van der Waals surface area contributed by atoms with Crippen molar-refractivity contribution in [2.24, 2.45) is 0 Å². The summed E-state index contributed by atoms with van der Waals surface area (Å²) in [6.07, 6.45) is 0. The Morgan fingerprint density at radius 1 is 0.692 bits per heavy atom. The maximum Gasteiger partial charge on any atom is 0.0929 e. The zero-order chi connectivity index (χ0) is 17.9. The van der Waals surface area contributed by atoms with Crippen LogP contribution in [0.3, 0.4) is 0 Å². The number of hydrogen-bond acceptors (Lipinski definition) is 1. The minimum Gasteiger partial charge on any atom is -0.260 e. The minimum atomic E-state index is 0.739. The fourth-order valence-corrected chi connectivity index (χ4v) is 3.44. The van der Waals surface area contributed by atoms with Crippen molar-refractivity contribution in [1.82, 2.24) is 9.78 Å². The van der Waals surface area contributed by atoms with Gasteiger partial charge >= 0.3 is 0 Å². The van der Waals surface area contributed by atoms with Crippen molar-refractivity contribution in [2.45, 2.75) is 6.54 Å². The van der Waals surface area contributed by atoms with E-state index in [9.17, 15) is 0 Å². The lowest BCUT2D eigenvalue weighted by molar-refractivity contribution is 0.697. The maximum atomic E-state index is 4.89. The van der Waals surface area contributed by atoms with Crippen LogP contribution in [0.1, 0.15) is 5.56 Å². The molecule has 0 saturated carbocycles. The Kier molecular flexibility index (Phi) is 5.05. The molecule has 0 amide bonds. The molecule has 0 bridgehead atoms. The lowest BCUT2D eigenvalue weighted by Crippen LogP contribution is -2.03. The summed E-state index contributed by atoms with van der Waals surface area (Å²) in [5.41, 5.74) is 5.58. The summed E-state index contributed by atoms with van der Waals surface area (Å²) in [4.78, 5) is 0.